The zero-order valence-corrected chi connectivity index (χ0v) is 16.5. The highest BCUT2D eigenvalue weighted by molar-refractivity contribution is 7.92. The Morgan fingerprint density at radius 1 is 1.50 bits per heavy atom. The molecule has 0 aliphatic carbocycles. The molecule has 3 heterocycles. The number of hydrogen-bond donors (Lipinski definition) is 3. The van der Waals surface area contributed by atoms with E-state index in [1.807, 2.05) is 4.72 Å². The molecule has 2 aliphatic rings. The second kappa shape index (κ2) is 7.90. The number of nitrogens with zero attached hydrogens (tertiary/aromatic N) is 2. The summed E-state index contributed by atoms with van der Waals surface area (Å²) >= 11 is 0.807. The van der Waals surface area contributed by atoms with Gasteiger partial charge >= 0.3 is 6.03 Å². The second-order valence-corrected chi connectivity index (χ2v) is 8.44. The van der Waals surface area contributed by atoms with Crippen LogP contribution >= 0.6 is 11.3 Å². The van der Waals surface area contributed by atoms with E-state index >= 15 is 0 Å². The number of alkyl halides is 1. The van der Waals surface area contributed by atoms with Crippen LogP contribution in [0.5, 0.6) is 0 Å². The molecule has 0 saturated carbocycles. The van der Waals surface area contributed by atoms with Crippen molar-refractivity contribution in [3.8, 4) is 0 Å². The van der Waals surface area contributed by atoms with Crippen LogP contribution in [0.3, 0.4) is 0 Å². The molecule has 0 unspecified atom stereocenters. The lowest BCUT2D eigenvalue weighted by Gasteiger charge is -2.26. The smallest absolute Gasteiger partial charge is 0.350 e. The van der Waals surface area contributed by atoms with Crippen LogP contribution in [0.2, 0.25) is 0 Å². The summed E-state index contributed by atoms with van der Waals surface area (Å²) in [7, 11) is -2.94. The number of allylic oxidation sites excluding steroid dienone is 1. The van der Waals surface area contributed by atoms with Gasteiger partial charge in [0, 0.05) is 17.3 Å². The summed E-state index contributed by atoms with van der Waals surface area (Å²) in [4.78, 5) is 12.2. The second-order valence-electron chi connectivity index (χ2n) is 5.64. The van der Waals surface area contributed by atoms with Gasteiger partial charge in [-0.25, -0.2) is 27.8 Å². The number of urea groups is 1. The molecule has 1 fully saturated rings. The average molecular weight is 435 g/mol. The Morgan fingerprint density at radius 2 is 2.21 bits per heavy atom. The van der Waals surface area contributed by atoms with Crippen LogP contribution in [-0.2, 0) is 30.0 Å². The van der Waals surface area contributed by atoms with E-state index in [9.17, 15) is 17.6 Å². The number of sulfonamides is 1. The number of nitrogens with one attached hydrogen (secondary N) is 3. The third kappa shape index (κ3) is 4.04. The van der Waals surface area contributed by atoms with Crippen molar-refractivity contribution in [3.63, 3.8) is 0 Å². The van der Waals surface area contributed by atoms with Gasteiger partial charge in [0.25, 0.3) is 10.0 Å². The molecule has 0 radical (unpaired) electrons. The molecule has 0 spiro atoms. The SMILES string of the molecule is COC1=NN(NC(=O)NS(=O)(=O)c2sccc2C2(CF)OCCO2)NC(C)=C1. The van der Waals surface area contributed by atoms with Gasteiger partial charge in [-0.05, 0) is 18.4 Å². The molecule has 1 aromatic rings. The Balaban J connectivity index is 1.75. The van der Waals surface area contributed by atoms with Gasteiger partial charge in [0.05, 0.1) is 20.3 Å². The van der Waals surface area contributed by atoms with Gasteiger partial charge in [0.1, 0.15) is 10.9 Å². The summed E-state index contributed by atoms with van der Waals surface area (Å²) in [6.07, 6.45) is 1.57. The molecule has 3 N–H and O–H groups in total. The van der Waals surface area contributed by atoms with Gasteiger partial charge in [-0.3, -0.25) is 5.43 Å². The lowest BCUT2D eigenvalue weighted by molar-refractivity contribution is -0.178. The molecule has 3 rings (SSSR count). The predicted molar refractivity (Wildman–Crippen MR) is 95.9 cm³/mol. The maximum absolute atomic E-state index is 13.6. The fraction of sp³-hybridized carbons (Fsp3) is 0.429. The number of methoxy groups -OCH3 is 1. The highest BCUT2D eigenvalue weighted by atomic mass is 32.2. The first-order valence-electron chi connectivity index (χ1n) is 7.92. The number of hydrazone groups is 1. The topological polar surface area (TPSA) is 131 Å². The van der Waals surface area contributed by atoms with Crippen LogP contribution in [0.4, 0.5) is 9.18 Å². The molecule has 0 atom stereocenters. The van der Waals surface area contributed by atoms with Crippen molar-refractivity contribution >= 4 is 33.3 Å². The zero-order chi connectivity index (χ0) is 20.4. The van der Waals surface area contributed by atoms with Crippen molar-refractivity contribution in [2.24, 2.45) is 5.10 Å². The summed E-state index contributed by atoms with van der Waals surface area (Å²) in [5, 5.41) is 6.21. The van der Waals surface area contributed by atoms with Crippen LogP contribution in [0.15, 0.2) is 32.5 Å². The largest absolute Gasteiger partial charge is 0.480 e. The van der Waals surface area contributed by atoms with Crippen molar-refractivity contribution in [1.82, 2.24) is 20.8 Å². The van der Waals surface area contributed by atoms with Crippen LogP contribution in [0.25, 0.3) is 0 Å². The number of halogens is 1. The number of hydrogen-bond acceptors (Lipinski definition) is 10. The molecule has 2 amide bonds. The Hall–Kier alpha value is -2.42. The number of carbonyl (C=O) groups is 1. The van der Waals surface area contributed by atoms with Gasteiger partial charge in [-0.2, -0.15) is 0 Å². The van der Waals surface area contributed by atoms with Crippen molar-refractivity contribution in [2.75, 3.05) is 27.0 Å². The van der Waals surface area contributed by atoms with Crippen molar-refractivity contribution in [1.29, 1.82) is 0 Å². The first-order valence-corrected chi connectivity index (χ1v) is 10.3. The van der Waals surface area contributed by atoms with E-state index in [0.717, 1.165) is 16.6 Å². The number of hydrazine groups is 2. The highest BCUT2D eigenvalue weighted by Crippen LogP contribution is 2.38. The zero-order valence-electron chi connectivity index (χ0n) is 14.9. The number of thiophene rings is 1. The maximum atomic E-state index is 13.6. The molecule has 0 aromatic carbocycles. The minimum atomic E-state index is -4.33. The third-order valence-corrected chi connectivity index (χ3v) is 6.49. The quantitative estimate of drug-likeness (QED) is 0.610. The molecule has 28 heavy (non-hydrogen) atoms. The van der Waals surface area contributed by atoms with Crippen molar-refractivity contribution in [2.45, 2.75) is 16.9 Å². The van der Waals surface area contributed by atoms with Gasteiger partial charge in [0.15, 0.2) is 0 Å². The van der Waals surface area contributed by atoms with Gasteiger partial charge in [0.2, 0.25) is 11.7 Å². The Kier molecular flexibility index (Phi) is 5.74. The highest BCUT2D eigenvalue weighted by Gasteiger charge is 2.44. The fourth-order valence-corrected chi connectivity index (χ4v) is 4.89. The molecule has 1 aromatic heterocycles. The van der Waals surface area contributed by atoms with Crippen molar-refractivity contribution in [3.05, 3.63) is 28.8 Å². The molecular formula is C14H18FN5O6S2. The Bertz CT molecular complexity index is 909. The first-order chi connectivity index (χ1) is 13.3. The minimum Gasteiger partial charge on any atom is -0.480 e. The molecule has 0 bridgehead atoms. The van der Waals surface area contributed by atoms with E-state index in [1.165, 1.54) is 18.6 Å². The first kappa shape index (κ1) is 20.3. The van der Waals surface area contributed by atoms with Gasteiger partial charge in [-0.1, -0.05) is 5.10 Å². The molecule has 14 heteroatoms. The normalized spacial score (nSPS) is 18.8. The van der Waals surface area contributed by atoms with E-state index in [2.05, 4.69) is 16.0 Å². The molecule has 11 nitrogen and oxygen atoms in total. The van der Waals surface area contributed by atoms with Gasteiger partial charge < -0.3 is 14.2 Å². The predicted octanol–water partition coefficient (Wildman–Crippen LogP) is 0.504. The maximum Gasteiger partial charge on any atom is 0.350 e. The minimum absolute atomic E-state index is 0.00707. The van der Waals surface area contributed by atoms with E-state index < -0.39 is 28.5 Å². The number of carbonyl (C=O) groups excluding carboxylic acids is 1. The number of amides is 2. The molecule has 154 valence electrons. The average Bonchev–Trinajstić information content (AvgIpc) is 3.30. The van der Waals surface area contributed by atoms with Crippen LogP contribution in [0.1, 0.15) is 12.5 Å². The van der Waals surface area contributed by atoms with Crippen molar-refractivity contribution < 1.29 is 31.8 Å². The lowest BCUT2D eigenvalue weighted by atomic mass is 10.1. The van der Waals surface area contributed by atoms with Crippen LogP contribution in [-0.4, -0.2) is 52.6 Å². The van der Waals surface area contributed by atoms with E-state index in [1.54, 1.807) is 13.0 Å². The summed E-state index contributed by atoms with van der Waals surface area (Å²) in [5.74, 6) is -1.60. The molecule has 1 saturated heterocycles. The van der Waals surface area contributed by atoms with E-state index in [4.69, 9.17) is 14.2 Å². The van der Waals surface area contributed by atoms with E-state index in [0.29, 0.717) is 5.70 Å². The monoisotopic (exact) mass is 435 g/mol. The summed E-state index contributed by atoms with van der Waals surface area (Å²) in [5.41, 5.74) is 5.46. The Labute approximate surface area is 164 Å². The summed E-state index contributed by atoms with van der Waals surface area (Å²) < 4.78 is 56.0. The molecule has 2 aliphatic heterocycles. The fourth-order valence-electron chi connectivity index (χ4n) is 2.52. The third-order valence-electron chi connectivity index (χ3n) is 3.68. The lowest BCUT2D eigenvalue weighted by Crippen LogP contribution is -2.53. The summed E-state index contributed by atoms with van der Waals surface area (Å²) in [6.45, 7) is 0.865. The summed E-state index contributed by atoms with van der Waals surface area (Å²) in [6, 6.07) is 0.292. The Morgan fingerprint density at radius 3 is 2.86 bits per heavy atom. The van der Waals surface area contributed by atoms with Crippen LogP contribution in [0, 0.1) is 0 Å². The molecular weight excluding hydrogens is 417 g/mol. The number of ether oxygens (including phenoxy) is 3. The standard InChI is InChI=1S/C14H18FN5O6S2/c1-9-7-11(24-2)17-20(16-9)18-13(21)19-28(22,23)12-10(3-6-27-12)14(8-15)25-4-5-26-14/h3,6-7,16H,4-5,8H2,1-2H3,(H2,18,19,21). The van der Waals surface area contributed by atoms with Crippen LogP contribution < -0.4 is 15.6 Å². The number of rotatable bonds is 5. The van der Waals surface area contributed by atoms with E-state index in [-0.39, 0.29) is 28.9 Å². The van der Waals surface area contributed by atoms with Gasteiger partial charge in [-0.15, -0.1) is 16.6 Å².